The standard InChI is InChI=1S/C14H20BrNO/c1-4-10(5-2)12-7-6-11(8-13(12)15)14(17)9-16-3/h6-8,10,16H,4-5,9H2,1-3H3. The lowest BCUT2D eigenvalue weighted by Gasteiger charge is -2.15. The highest BCUT2D eigenvalue weighted by Gasteiger charge is 2.13. The molecule has 1 rings (SSSR count). The van der Waals surface area contributed by atoms with E-state index >= 15 is 0 Å². The number of halogens is 1. The Bertz CT molecular complexity index is 386. The van der Waals surface area contributed by atoms with E-state index in [4.69, 9.17) is 0 Å². The minimum atomic E-state index is 0.129. The van der Waals surface area contributed by atoms with Crippen molar-refractivity contribution in [2.45, 2.75) is 32.6 Å². The van der Waals surface area contributed by atoms with Gasteiger partial charge in [-0.15, -0.1) is 0 Å². The molecule has 0 amide bonds. The van der Waals surface area contributed by atoms with Gasteiger partial charge in [-0.05, 0) is 37.4 Å². The highest BCUT2D eigenvalue weighted by molar-refractivity contribution is 9.10. The van der Waals surface area contributed by atoms with E-state index in [1.807, 2.05) is 12.1 Å². The van der Waals surface area contributed by atoms with Crippen LogP contribution < -0.4 is 5.32 Å². The number of carbonyl (C=O) groups excluding carboxylic acids is 1. The molecule has 0 fully saturated rings. The molecule has 0 bridgehead atoms. The van der Waals surface area contributed by atoms with Gasteiger partial charge in [0.05, 0.1) is 6.54 Å². The van der Waals surface area contributed by atoms with Crippen LogP contribution in [0, 0.1) is 0 Å². The van der Waals surface area contributed by atoms with Crippen molar-refractivity contribution in [1.29, 1.82) is 0 Å². The maximum atomic E-state index is 11.7. The second-order valence-electron chi connectivity index (χ2n) is 4.20. The lowest BCUT2D eigenvalue weighted by Crippen LogP contribution is -2.18. The Labute approximate surface area is 112 Å². The molecule has 1 aromatic carbocycles. The van der Waals surface area contributed by atoms with Crippen LogP contribution in [-0.2, 0) is 0 Å². The molecule has 0 saturated carbocycles. The van der Waals surface area contributed by atoms with Crippen LogP contribution in [0.2, 0.25) is 0 Å². The summed E-state index contributed by atoms with van der Waals surface area (Å²) in [6.07, 6.45) is 2.25. The number of benzene rings is 1. The van der Waals surface area contributed by atoms with Crippen LogP contribution in [0.4, 0.5) is 0 Å². The van der Waals surface area contributed by atoms with Crippen molar-refractivity contribution < 1.29 is 4.79 Å². The van der Waals surface area contributed by atoms with E-state index in [-0.39, 0.29) is 5.78 Å². The summed E-state index contributed by atoms with van der Waals surface area (Å²) in [6.45, 7) is 4.78. The second-order valence-corrected chi connectivity index (χ2v) is 5.06. The van der Waals surface area contributed by atoms with E-state index in [0.29, 0.717) is 12.5 Å². The Morgan fingerprint density at radius 2 is 2.00 bits per heavy atom. The molecule has 0 atom stereocenters. The first kappa shape index (κ1) is 14.4. The number of carbonyl (C=O) groups is 1. The first-order chi connectivity index (χ1) is 8.13. The average molecular weight is 298 g/mol. The Hall–Kier alpha value is -0.670. The van der Waals surface area contributed by atoms with Crippen LogP contribution in [0.15, 0.2) is 22.7 Å². The topological polar surface area (TPSA) is 29.1 Å². The zero-order valence-electron chi connectivity index (χ0n) is 10.7. The molecule has 0 heterocycles. The summed E-state index contributed by atoms with van der Waals surface area (Å²) in [6, 6.07) is 5.94. The second kappa shape index (κ2) is 6.92. The highest BCUT2D eigenvalue weighted by atomic mass is 79.9. The van der Waals surface area contributed by atoms with E-state index in [9.17, 15) is 4.79 Å². The summed E-state index contributed by atoms with van der Waals surface area (Å²) in [4.78, 5) is 11.7. The summed E-state index contributed by atoms with van der Waals surface area (Å²) in [5.41, 5.74) is 2.07. The molecule has 0 aliphatic rings. The third-order valence-corrected chi connectivity index (χ3v) is 3.77. The van der Waals surface area contributed by atoms with E-state index in [1.54, 1.807) is 7.05 Å². The Balaban J connectivity index is 2.97. The first-order valence-corrected chi connectivity index (χ1v) is 6.90. The van der Waals surface area contributed by atoms with Gasteiger partial charge in [0, 0.05) is 10.0 Å². The fraction of sp³-hybridized carbons (Fsp3) is 0.500. The molecule has 0 saturated heterocycles. The molecule has 0 aliphatic heterocycles. The average Bonchev–Trinajstić information content (AvgIpc) is 2.32. The normalized spacial score (nSPS) is 10.9. The minimum Gasteiger partial charge on any atom is -0.313 e. The van der Waals surface area contributed by atoms with Gasteiger partial charge in [-0.25, -0.2) is 0 Å². The van der Waals surface area contributed by atoms with Crippen molar-refractivity contribution in [1.82, 2.24) is 5.32 Å². The van der Waals surface area contributed by atoms with Gasteiger partial charge in [0.1, 0.15) is 0 Å². The predicted molar refractivity (Wildman–Crippen MR) is 75.7 cm³/mol. The van der Waals surface area contributed by atoms with Crippen molar-refractivity contribution >= 4 is 21.7 Å². The molecule has 1 aromatic rings. The van der Waals surface area contributed by atoms with Gasteiger partial charge >= 0.3 is 0 Å². The monoisotopic (exact) mass is 297 g/mol. The zero-order chi connectivity index (χ0) is 12.8. The maximum absolute atomic E-state index is 11.7. The van der Waals surface area contributed by atoms with E-state index < -0.39 is 0 Å². The van der Waals surface area contributed by atoms with Crippen LogP contribution in [0.25, 0.3) is 0 Å². The Kier molecular flexibility index (Phi) is 5.86. The van der Waals surface area contributed by atoms with Crippen molar-refractivity contribution in [3.05, 3.63) is 33.8 Å². The molecule has 2 nitrogen and oxygen atoms in total. The number of rotatable bonds is 6. The van der Waals surface area contributed by atoms with Crippen LogP contribution >= 0.6 is 15.9 Å². The molecule has 0 aliphatic carbocycles. The van der Waals surface area contributed by atoms with Crippen molar-refractivity contribution in [3.8, 4) is 0 Å². The van der Waals surface area contributed by atoms with Crippen LogP contribution in [0.5, 0.6) is 0 Å². The summed E-state index contributed by atoms with van der Waals surface area (Å²) >= 11 is 3.58. The smallest absolute Gasteiger partial charge is 0.176 e. The van der Waals surface area contributed by atoms with Gasteiger partial charge < -0.3 is 5.32 Å². The SMILES string of the molecule is CCC(CC)c1ccc(C(=O)CNC)cc1Br. The molecule has 3 heteroatoms. The summed E-state index contributed by atoms with van der Waals surface area (Å²) in [7, 11) is 1.78. The fourth-order valence-electron chi connectivity index (χ4n) is 2.02. The quantitative estimate of drug-likeness (QED) is 0.810. The molecule has 0 radical (unpaired) electrons. The molecular formula is C14H20BrNO. The van der Waals surface area contributed by atoms with Crippen LogP contribution in [0.3, 0.4) is 0 Å². The van der Waals surface area contributed by atoms with E-state index in [0.717, 1.165) is 22.9 Å². The molecule has 0 unspecified atom stereocenters. The van der Waals surface area contributed by atoms with Crippen LogP contribution in [-0.4, -0.2) is 19.4 Å². The van der Waals surface area contributed by atoms with E-state index in [2.05, 4.69) is 41.2 Å². The minimum absolute atomic E-state index is 0.129. The molecule has 0 aromatic heterocycles. The third kappa shape index (κ3) is 3.65. The number of hydrogen-bond donors (Lipinski definition) is 1. The highest BCUT2D eigenvalue weighted by Crippen LogP contribution is 2.30. The number of hydrogen-bond acceptors (Lipinski definition) is 2. The summed E-state index contributed by atoms with van der Waals surface area (Å²) in [5.74, 6) is 0.696. The fourth-order valence-corrected chi connectivity index (χ4v) is 2.73. The van der Waals surface area contributed by atoms with Gasteiger partial charge in [-0.1, -0.05) is 41.9 Å². The lowest BCUT2D eigenvalue weighted by atomic mass is 9.93. The van der Waals surface area contributed by atoms with Gasteiger partial charge in [0.15, 0.2) is 5.78 Å². The molecule has 17 heavy (non-hydrogen) atoms. The molecule has 94 valence electrons. The van der Waals surface area contributed by atoms with Gasteiger partial charge in [0.2, 0.25) is 0 Å². The van der Waals surface area contributed by atoms with Crippen molar-refractivity contribution in [2.24, 2.45) is 0 Å². The first-order valence-electron chi connectivity index (χ1n) is 6.11. The lowest BCUT2D eigenvalue weighted by molar-refractivity contribution is 0.0993. The number of likely N-dealkylation sites (N-methyl/N-ethyl adjacent to an activating group) is 1. The number of nitrogens with one attached hydrogen (secondary N) is 1. The van der Waals surface area contributed by atoms with Crippen LogP contribution in [0.1, 0.15) is 48.5 Å². The number of Topliss-reactive ketones (excluding diaryl/α,β-unsaturated/α-hetero) is 1. The zero-order valence-corrected chi connectivity index (χ0v) is 12.3. The van der Waals surface area contributed by atoms with Gasteiger partial charge in [-0.3, -0.25) is 4.79 Å². The van der Waals surface area contributed by atoms with Gasteiger partial charge in [-0.2, -0.15) is 0 Å². The van der Waals surface area contributed by atoms with E-state index in [1.165, 1.54) is 5.56 Å². The Morgan fingerprint density at radius 1 is 1.35 bits per heavy atom. The number of ketones is 1. The Morgan fingerprint density at radius 3 is 2.47 bits per heavy atom. The molecule has 1 N–H and O–H groups in total. The summed E-state index contributed by atoms with van der Waals surface area (Å²) < 4.78 is 1.05. The molecule has 0 spiro atoms. The summed E-state index contributed by atoms with van der Waals surface area (Å²) in [5, 5.41) is 2.88. The van der Waals surface area contributed by atoms with Crippen molar-refractivity contribution in [2.75, 3.05) is 13.6 Å². The maximum Gasteiger partial charge on any atom is 0.176 e. The predicted octanol–water partition coefficient (Wildman–Crippen LogP) is 3.75. The van der Waals surface area contributed by atoms with Gasteiger partial charge in [0.25, 0.3) is 0 Å². The molecular weight excluding hydrogens is 278 g/mol. The third-order valence-electron chi connectivity index (χ3n) is 3.09. The van der Waals surface area contributed by atoms with Crippen molar-refractivity contribution in [3.63, 3.8) is 0 Å². The largest absolute Gasteiger partial charge is 0.313 e.